The number of hydrogen-bond donors (Lipinski definition) is 0. The molecule has 0 aliphatic rings. The van der Waals surface area contributed by atoms with Crippen LogP contribution in [0.5, 0.6) is 0 Å². The zero-order chi connectivity index (χ0) is 33.0. The fourth-order valence-electron chi connectivity index (χ4n) is 7.52. The zero-order valence-electron chi connectivity index (χ0n) is 27.1. The third-order valence-electron chi connectivity index (χ3n) is 9.74. The Bertz CT molecular complexity index is 2850. The molecule has 0 N–H and O–H groups in total. The van der Waals surface area contributed by atoms with E-state index >= 15 is 0 Å². The molecule has 4 heteroatoms. The molecular weight excluding hydrogens is 609 g/mol. The van der Waals surface area contributed by atoms with E-state index in [1.807, 2.05) is 6.07 Å². The Labute approximate surface area is 289 Å². The largest absolute Gasteiger partial charge is 0.309 e. The van der Waals surface area contributed by atoms with Crippen LogP contribution in [0.3, 0.4) is 0 Å². The zero-order valence-corrected chi connectivity index (χ0v) is 27.1. The van der Waals surface area contributed by atoms with E-state index in [1.165, 1.54) is 38.1 Å². The highest BCUT2D eigenvalue weighted by Gasteiger charge is 2.22. The Morgan fingerprint density at radius 1 is 0.320 bits per heavy atom. The van der Waals surface area contributed by atoms with Gasteiger partial charge < -0.3 is 4.57 Å². The second kappa shape index (κ2) is 11.4. The van der Waals surface area contributed by atoms with Gasteiger partial charge in [0.1, 0.15) is 0 Å². The van der Waals surface area contributed by atoms with Crippen LogP contribution in [0, 0.1) is 0 Å². The number of benzene rings is 7. The van der Waals surface area contributed by atoms with Gasteiger partial charge in [0.15, 0.2) is 0 Å². The minimum absolute atomic E-state index is 0.642. The fourth-order valence-corrected chi connectivity index (χ4v) is 7.52. The highest BCUT2D eigenvalue weighted by molar-refractivity contribution is 6.28. The van der Waals surface area contributed by atoms with Crippen LogP contribution in [-0.4, -0.2) is 19.1 Å². The SMILES string of the molecule is c1ccc(-c2cccc(-c3cc(-c4ccccc4)nc(-n4c5ccccc5c5c6c7ccccc7n(-c7ccccc7)c6ccc54)n3)c2)cc1. The van der Waals surface area contributed by atoms with Crippen molar-refractivity contribution >= 4 is 43.6 Å². The Balaban J connectivity index is 1.28. The molecule has 0 amide bonds. The number of fused-ring (bicyclic) bond motifs is 7. The van der Waals surface area contributed by atoms with Gasteiger partial charge in [-0.1, -0.05) is 133 Å². The van der Waals surface area contributed by atoms with Crippen molar-refractivity contribution in [3.63, 3.8) is 0 Å². The van der Waals surface area contributed by atoms with Crippen molar-refractivity contribution in [2.24, 2.45) is 0 Å². The Hall–Kier alpha value is -6.78. The molecule has 7 aromatic carbocycles. The summed E-state index contributed by atoms with van der Waals surface area (Å²) in [5.74, 6) is 0.642. The van der Waals surface area contributed by atoms with Crippen LogP contribution < -0.4 is 0 Å². The molecule has 0 radical (unpaired) electrons. The van der Waals surface area contributed by atoms with Crippen LogP contribution in [-0.2, 0) is 0 Å². The molecule has 4 nitrogen and oxygen atoms in total. The smallest absolute Gasteiger partial charge is 0.235 e. The van der Waals surface area contributed by atoms with E-state index in [2.05, 4.69) is 185 Å². The number of hydrogen-bond acceptors (Lipinski definition) is 2. The number of nitrogens with zero attached hydrogens (tertiary/aromatic N) is 4. The number of aromatic nitrogens is 4. The maximum absolute atomic E-state index is 5.35. The van der Waals surface area contributed by atoms with Crippen molar-refractivity contribution in [1.82, 2.24) is 19.1 Å². The third-order valence-corrected chi connectivity index (χ3v) is 9.74. The second-order valence-corrected chi connectivity index (χ2v) is 12.6. The second-order valence-electron chi connectivity index (χ2n) is 12.6. The normalized spacial score (nSPS) is 11.6. The Morgan fingerprint density at radius 3 is 1.46 bits per heavy atom. The van der Waals surface area contributed by atoms with Gasteiger partial charge in [0.05, 0.1) is 33.5 Å². The molecule has 10 rings (SSSR count). The molecular formula is C46H30N4. The lowest BCUT2D eigenvalue weighted by Gasteiger charge is -2.12. The Morgan fingerprint density at radius 2 is 0.800 bits per heavy atom. The first kappa shape index (κ1) is 28.3. The van der Waals surface area contributed by atoms with E-state index in [4.69, 9.17) is 9.97 Å². The summed E-state index contributed by atoms with van der Waals surface area (Å²) in [5, 5.41) is 4.82. The summed E-state index contributed by atoms with van der Waals surface area (Å²) >= 11 is 0. The van der Waals surface area contributed by atoms with Crippen LogP contribution in [0.1, 0.15) is 0 Å². The molecule has 3 heterocycles. The summed E-state index contributed by atoms with van der Waals surface area (Å²) < 4.78 is 4.62. The minimum atomic E-state index is 0.642. The van der Waals surface area contributed by atoms with Crippen LogP contribution in [0.15, 0.2) is 182 Å². The van der Waals surface area contributed by atoms with Gasteiger partial charge in [-0.3, -0.25) is 4.57 Å². The van der Waals surface area contributed by atoms with Gasteiger partial charge in [-0.2, -0.15) is 0 Å². The first-order valence-electron chi connectivity index (χ1n) is 16.9. The van der Waals surface area contributed by atoms with Crippen molar-refractivity contribution in [3.8, 4) is 45.3 Å². The highest BCUT2D eigenvalue weighted by Crippen LogP contribution is 2.42. The molecule has 0 saturated heterocycles. The average molecular weight is 639 g/mol. The molecule has 0 aliphatic carbocycles. The molecule has 50 heavy (non-hydrogen) atoms. The lowest BCUT2D eigenvalue weighted by molar-refractivity contribution is 0.996. The van der Waals surface area contributed by atoms with Gasteiger partial charge >= 0.3 is 0 Å². The topological polar surface area (TPSA) is 35.6 Å². The molecule has 3 aromatic heterocycles. The van der Waals surface area contributed by atoms with Crippen molar-refractivity contribution in [2.45, 2.75) is 0 Å². The monoisotopic (exact) mass is 638 g/mol. The lowest BCUT2D eigenvalue weighted by Crippen LogP contribution is -2.04. The quantitative estimate of drug-likeness (QED) is 0.188. The van der Waals surface area contributed by atoms with E-state index < -0.39 is 0 Å². The molecule has 0 saturated carbocycles. The molecule has 234 valence electrons. The summed E-state index contributed by atoms with van der Waals surface area (Å²) in [4.78, 5) is 10.6. The van der Waals surface area contributed by atoms with E-state index in [-0.39, 0.29) is 0 Å². The molecule has 0 atom stereocenters. The number of rotatable bonds is 5. The van der Waals surface area contributed by atoms with E-state index in [0.29, 0.717) is 5.95 Å². The molecule has 0 spiro atoms. The fraction of sp³-hybridized carbons (Fsp3) is 0. The van der Waals surface area contributed by atoms with Gasteiger partial charge in [-0.25, -0.2) is 9.97 Å². The molecule has 10 aromatic rings. The summed E-state index contributed by atoms with van der Waals surface area (Å²) in [5.41, 5.74) is 11.8. The van der Waals surface area contributed by atoms with Crippen molar-refractivity contribution < 1.29 is 0 Å². The lowest BCUT2D eigenvalue weighted by atomic mass is 10.0. The standard InChI is InChI=1S/C46H30N4/c1-4-15-31(16-5-1)33-19-14-20-34(29-33)39-30-38(32-17-6-2-7-18-32)47-46(48-39)50-41-26-13-11-24-37(41)45-43(50)28-27-42-44(45)36-23-10-12-25-40(36)49(42)35-21-8-3-9-22-35/h1-30H. The number of para-hydroxylation sites is 3. The summed E-state index contributed by atoms with van der Waals surface area (Å²) in [6.07, 6.45) is 0. The maximum atomic E-state index is 5.35. The van der Waals surface area contributed by atoms with Gasteiger partial charge in [0, 0.05) is 38.4 Å². The maximum Gasteiger partial charge on any atom is 0.235 e. The predicted octanol–water partition coefficient (Wildman–Crippen LogP) is 11.7. The van der Waals surface area contributed by atoms with Crippen LogP contribution in [0.25, 0.3) is 88.9 Å². The van der Waals surface area contributed by atoms with Crippen LogP contribution in [0.2, 0.25) is 0 Å². The van der Waals surface area contributed by atoms with Gasteiger partial charge in [0.25, 0.3) is 0 Å². The highest BCUT2D eigenvalue weighted by atomic mass is 15.2. The average Bonchev–Trinajstić information content (AvgIpc) is 3.72. The third kappa shape index (κ3) is 4.46. The van der Waals surface area contributed by atoms with Gasteiger partial charge in [-0.15, -0.1) is 0 Å². The van der Waals surface area contributed by atoms with Crippen molar-refractivity contribution in [2.75, 3.05) is 0 Å². The van der Waals surface area contributed by atoms with Gasteiger partial charge in [0.2, 0.25) is 5.95 Å². The molecule has 0 bridgehead atoms. The summed E-state index contributed by atoms with van der Waals surface area (Å²) in [6, 6.07) is 64.1. The molecule has 0 unspecified atom stereocenters. The van der Waals surface area contributed by atoms with Crippen molar-refractivity contribution in [1.29, 1.82) is 0 Å². The van der Waals surface area contributed by atoms with Crippen LogP contribution in [0.4, 0.5) is 0 Å². The molecule has 0 aliphatic heterocycles. The summed E-state index contributed by atoms with van der Waals surface area (Å²) in [6.45, 7) is 0. The first-order valence-corrected chi connectivity index (χ1v) is 16.9. The minimum Gasteiger partial charge on any atom is -0.309 e. The van der Waals surface area contributed by atoms with Gasteiger partial charge in [-0.05, 0) is 59.7 Å². The van der Waals surface area contributed by atoms with E-state index in [0.717, 1.165) is 44.8 Å². The Kier molecular flexibility index (Phi) is 6.46. The van der Waals surface area contributed by atoms with Crippen molar-refractivity contribution in [3.05, 3.63) is 182 Å². The van der Waals surface area contributed by atoms with E-state index in [9.17, 15) is 0 Å². The predicted molar refractivity (Wildman–Crippen MR) is 207 cm³/mol. The first-order chi connectivity index (χ1) is 24.8. The summed E-state index contributed by atoms with van der Waals surface area (Å²) in [7, 11) is 0. The van der Waals surface area contributed by atoms with E-state index in [1.54, 1.807) is 0 Å². The van der Waals surface area contributed by atoms with Crippen LogP contribution >= 0.6 is 0 Å². The molecule has 0 fully saturated rings.